The van der Waals surface area contributed by atoms with E-state index in [1.54, 1.807) is 0 Å². The van der Waals surface area contributed by atoms with Crippen LogP contribution in [0.3, 0.4) is 0 Å². The average Bonchev–Trinajstić information content (AvgIpc) is 2.92. The van der Waals surface area contributed by atoms with Crippen molar-refractivity contribution in [3.05, 3.63) is 23.3 Å². The molecule has 0 aromatic rings. The Morgan fingerprint density at radius 2 is 1.87 bits per heavy atom. The summed E-state index contributed by atoms with van der Waals surface area (Å²) in [7, 11) is 0. The van der Waals surface area contributed by atoms with Crippen molar-refractivity contribution in [3.63, 3.8) is 0 Å². The molecule has 4 aliphatic rings. The number of rotatable bonds is 3. The summed E-state index contributed by atoms with van der Waals surface area (Å²) in [6.07, 6.45) is 8.31. The molecule has 0 unspecified atom stereocenters. The Kier molecular flexibility index (Phi) is 5.22. The van der Waals surface area contributed by atoms with E-state index in [0.717, 1.165) is 32.1 Å². The van der Waals surface area contributed by atoms with E-state index in [0.29, 0.717) is 24.4 Å². The van der Waals surface area contributed by atoms with Crippen LogP contribution in [0.4, 0.5) is 0 Å². The number of ketones is 1. The summed E-state index contributed by atoms with van der Waals surface area (Å²) in [5.41, 5.74) is 2.28. The molecule has 164 valence electrons. The van der Waals surface area contributed by atoms with Crippen LogP contribution in [0, 0.1) is 34.5 Å². The highest BCUT2D eigenvalue weighted by atomic mass is 16.5. The first-order valence-corrected chi connectivity index (χ1v) is 11.3. The molecule has 0 aliphatic heterocycles. The van der Waals surface area contributed by atoms with E-state index >= 15 is 0 Å². The van der Waals surface area contributed by atoms with Crippen molar-refractivity contribution in [2.24, 2.45) is 34.5 Å². The van der Waals surface area contributed by atoms with E-state index < -0.39 is 0 Å². The second kappa shape index (κ2) is 7.35. The molecule has 30 heavy (non-hydrogen) atoms. The number of ether oxygens (including phenoxy) is 2. The van der Waals surface area contributed by atoms with Crippen LogP contribution in [-0.2, 0) is 23.9 Å². The minimum absolute atomic E-state index is 0.0797. The van der Waals surface area contributed by atoms with Crippen LogP contribution in [0.25, 0.3) is 0 Å². The summed E-state index contributed by atoms with van der Waals surface area (Å²) in [4.78, 5) is 35.5. The minimum Gasteiger partial charge on any atom is -0.466 e. The highest BCUT2D eigenvalue weighted by molar-refractivity contribution is 6.02. The summed E-state index contributed by atoms with van der Waals surface area (Å²) in [6, 6.07) is 0. The maximum atomic E-state index is 12.2. The number of esters is 2. The molecule has 5 heteroatoms. The molecule has 0 spiro atoms. The van der Waals surface area contributed by atoms with Crippen molar-refractivity contribution in [1.29, 1.82) is 0 Å². The maximum Gasteiger partial charge on any atom is 0.302 e. The first kappa shape index (κ1) is 21.3. The molecule has 0 N–H and O–H groups in total. The molecule has 5 nitrogen and oxygen atoms in total. The van der Waals surface area contributed by atoms with Gasteiger partial charge in [-0.25, -0.2) is 0 Å². The van der Waals surface area contributed by atoms with Crippen LogP contribution >= 0.6 is 0 Å². The third-order valence-corrected chi connectivity index (χ3v) is 8.95. The highest BCUT2D eigenvalue weighted by Crippen LogP contribution is 2.67. The number of hydrogen-bond donors (Lipinski definition) is 0. The molecule has 3 fully saturated rings. The third-order valence-electron chi connectivity index (χ3n) is 8.95. The van der Waals surface area contributed by atoms with Crippen LogP contribution in [0.1, 0.15) is 66.7 Å². The molecule has 4 aliphatic carbocycles. The van der Waals surface area contributed by atoms with Gasteiger partial charge in [-0.15, -0.1) is 0 Å². The third kappa shape index (κ3) is 3.16. The Morgan fingerprint density at radius 3 is 2.53 bits per heavy atom. The lowest BCUT2D eigenvalue weighted by molar-refractivity contribution is -0.156. The van der Waals surface area contributed by atoms with Crippen molar-refractivity contribution in [2.45, 2.75) is 72.8 Å². The molecule has 4 rings (SSSR count). The molecular formula is C25H34O5. The van der Waals surface area contributed by atoms with Gasteiger partial charge in [0.2, 0.25) is 0 Å². The van der Waals surface area contributed by atoms with Gasteiger partial charge in [0.1, 0.15) is 6.10 Å². The van der Waals surface area contributed by atoms with E-state index in [-0.39, 0.29) is 40.6 Å². The standard InChI is InChI=1S/C25H34O5/c1-14-10-19(28)12-18-6-7-20-21(25(14,18)5)8-9-24(4)22(30-16(3)27)11-17(23(20)24)13-29-15(2)26/h10,12,17,20-23H,6-9,11,13H2,1-5H3/t17-,20-,21+,22+,23+,24-,25+/m1/s1. The largest absolute Gasteiger partial charge is 0.466 e. The zero-order valence-corrected chi connectivity index (χ0v) is 18.8. The fourth-order valence-corrected chi connectivity index (χ4v) is 7.58. The highest BCUT2D eigenvalue weighted by Gasteiger charge is 2.63. The van der Waals surface area contributed by atoms with Gasteiger partial charge in [-0.3, -0.25) is 14.4 Å². The number of hydrogen-bond acceptors (Lipinski definition) is 5. The summed E-state index contributed by atoms with van der Waals surface area (Å²) >= 11 is 0. The molecule has 0 aromatic heterocycles. The Morgan fingerprint density at radius 1 is 1.13 bits per heavy atom. The van der Waals surface area contributed by atoms with Crippen LogP contribution in [-0.4, -0.2) is 30.4 Å². The van der Waals surface area contributed by atoms with Crippen LogP contribution in [0.5, 0.6) is 0 Å². The normalized spacial score (nSPS) is 42.3. The van der Waals surface area contributed by atoms with Crippen molar-refractivity contribution < 1.29 is 23.9 Å². The van der Waals surface area contributed by atoms with Gasteiger partial charge in [0, 0.05) is 30.6 Å². The Balaban J connectivity index is 1.70. The zero-order valence-electron chi connectivity index (χ0n) is 18.8. The van der Waals surface area contributed by atoms with Gasteiger partial charge in [-0.1, -0.05) is 25.0 Å². The van der Waals surface area contributed by atoms with Gasteiger partial charge in [-0.05, 0) is 68.9 Å². The number of fused-ring (bicyclic) bond motifs is 5. The topological polar surface area (TPSA) is 69.7 Å². The zero-order chi connectivity index (χ0) is 21.8. The van der Waals surface area contributed by atoms with Gasteiger partial charge in [-0.2, -0.15) is 0 Å². The summed E-state index contributed by atoms with van der Waals surface area (Å²) in [6.45, 7) is 10.0. The van der Waals surface area contributed by atoms with E-state index in [2.05, 4.69) is 20.8 Å². The van der Waals surface area contributed by atoms with E-state index in [1.807, 2.05) is 12.2 Å². The SMILES string of the molecule is CC(=O)OC[C@H]1C[C@H](OC(C)=O)[C@@]2(C)CC[C@H]3[C@@H](CCC4=CC(=O)C=C(C)[C@@]43C)[C@H]12. The van der Waals surface area contributed by atoms with E-state index in [1.165, 1.54) is 25.0 Å². The van der Waals surface area contributed by atoms with Crippen molar-refractivity contribution >= 4 is 17.7 Å². The molecule has 0 saturated heterocycles. The van der Waals surface area contributed by atoms with Gasteiger partial charge >= 0.3 is 11.9 Å². The second-order valence-electron chi connectivity index (χ2n) is 10.4. The average molecular weight is 415 g/mol. The predicted molar refractivity (Wildman–Crippen MR) is 112 cm³/mol. The molecule has 0 radical (unpaired) electrons. The van der Waals surface area contributed by atoms with Gasteiger partial charge in [0.05, 0.1) is 6.61 Å². The van der Waals surface area contributed by atoms with Gasteiger partial charge in [0.15, 0.2) is 5.78 Å². The molecule has 0 bridgehead atoms. The molecule has 3 saturated carbocycles. The summed E-state index contributed by atoms with van der Waals surface area (Å²) in [5, 5.41) is 0. The van der Waals surface area contributed by atoms with Crippen LogP contribution in [0.2, 0.25) is 0 Å². The smallest absolute Gasteiger partial charge is 0.302 e. The van der Waals surface area contributed by atoms with Crippen LogP contribution in [0.15, 0.2) is 23.3 Å². The lowest BCUT2D eigenvalue weighted by Gasteiger charge is -2.58. The first-order chi connectivity index (χ1) is 14.1. The molecule has 0 heterocycles. The van der Waals surface area contributed by atoms with Crippen molar-refractivity contribution in [1.82, 2.24) is 0 Å². The fraction of sp³-hybridized carbons (Fsp3) is 0.720. The molecule has 7 atom stereocenters. The lowest BCUT2D eigenvalue weighted by Crippen LogP contribution is -2.53. The van der Waals surface area contributed by atoms with Gasteiger partial charge < -0.3 is 9.47 Å². The summed E-state index contributed by atoms with van der Waals surface area (Å²) in [5.74, 6) is 1.07. The maximum absolute atomic E-state index is 12.2. The van der Waals surface area contributed by atoms with Crippen molar-refractivity contribution in [2.75, 3.05) is 6.61 Å². The molecular weight excluding hydrogens is 380 g/mol. The molecule has 0 amide bonds. The quantitative estimate of drug-likeness (QED) is 0.640. The number of allylic oxidation sites excluding steroid dienone is 4. The Hall–Kier alpha value is -1.91. The lowest BCUT2D eigenvalue weighted by atomic mass is 9.46. The first-order valence-electron chi connectivity index (χ1n) is 11.3. The van der Waals surface area contributed by atoms with E-state index in [9.17, 15) is 14.4 Å². The Bertz CT molecular complexity index is 838. The second-order valence-corrected chi connectivity index (χ2v) is 10.4. The number of carbonyl (C=O) groups is 3. The monoisotopic (exact) mass is 414 g/mol. The van der Waals surface area contributed by atoms with Gasteiger partial charge in [0.25, 0.3) is 0 Å². The fourth-order valence-electron chi connectivity index (χ4n) is 7.58. The van der Waals surface area contributed by atoms with Crippen LogP contribution < -0.4 is 0 Å². The molecule has 0 aromatic carbocycles. The summed E-state index contributed by atoms with van der Waals surface area (Å²) < 4.78 is 11.3. The Labute approximate surface area is 179 Å². The van der Waals surface area contributed by atoms with E-state index in [4.69, 9.17) is 9.47 Å². The minimum atomic E-state index is -0.259. The van der Waals surface area contributed by atoms with Crippen molar-refractivity contribution in [3.8, 4) is 0 Å². The predicted octanol–water partition coefficient (Wildman–Crippen LogP) is 4.41. The number of carbonyl (C=O) groups excluding carboxylic acids is 3.